The number of nitrogens with zero attached hydrogens (tertiary/aromatic N) is 1. The molecule has 106 valence electrons. The van der Waals surface area contributed by atoms with Crippen LogP contribution in [-0.4, -0.2) is 10.8 Å². The van der Waals surface area contributed by atoms with Gasteiger partial charge in [0.2, 0.25) is 0 Å². The van der Waals surface area contributed by atoms with Gasteiger partial charge in [-0.2, -0.15) is 0 Å². The number of hydrogen-bond donors (Lipinski definition) is 0. The molecule has 0 aliphatic heterocycles. The van der Waals surface area contributed by atoms with Crippen LogP contribution in [0.2, 0.25) is 0 Å². The summed E-state index contributed by atoms with van der Waals surface area (Å²) in [7, 11) is 0. The molecule has 0 fully saturated rings. The summed E-state index contributed by atoms with van der Waals surface area (Å²) >= 11 is 0. The smallest absolute Gasteiger partial charge is 0.196 e. The molecule has 0 saturated carbocycles. The lowest BCUT2D eigenvalue weighted by Crippen LogP contribution is -2.00. The van der Waals surface area contributed by atoms with Crippen molar-refractivity contribution in [1.82, 2.24) is 4.98 Å². The molecule has 0 N–H and O–H groups in total. The quantitative estimate of drug-likeness (QED) is 0.512. The molecule has 22 heavy (non-hydrogen) atoms. The van der Waals surface area contributed by atoms with Gasteiger partial charge in [-0.1, -0.05) is 41.5 Å². The Morgan fingerprint density at radius 2 is 1.50 bits per heavy atom. The maximum absolute atomic E-state index is 12.8. The maximum atomic E-state index is 12.8. The Morgan fingerprint density at radius 1 is 0.818 bits per heavy atom. The summed E-state index contributed by atoms with van der Waals surface area (Å²) in [5.41, 5.74) is 7.65. The predicted octanol–water partition coefficient (Wildman–Crippen LogP) is 4.58. The normalized spacial score (nSPS) is 12.2. The Balaban J connectivity index is 2.01. The van der Waals surface area contributed by atoms with Gasteiger partial charge in [0, 0.05) is 17.3 Å². The monoisotopic (exact) mass is 285 g/mol. The minimum Gasteiger partial charge on any atom is -0.288 e. The molecule has 0 saturated heterocycles. The Bertz CT molecular complexity index is 904. The number of fused-ring (bicyclic) bond motifs is 3. The van der Waals surface area contributed by atoms with Crippen LogP contribution < -0.4 is 0 Å². The van der Waals surface area contributed by atoms with E-state index in [0.29, 0.717) is 0 Å². The third kappa shape index (κ3) is 1.81. The summed E-state index contributed by atoms with van der Waals surface area (Å²) < 4.78 is 0. The molecule has 1 aromatic heterocycles. The van der Waals surface area contributed by atoms with E-state index >= 15 is 0 Å². The molecule has 1 aliphatic rings. The molecule has 0 unspecified atom stereocenters. The van der Waals surface area contributed by atoms with Crippen LogP contribution in [0.15, 0.2) is 54.7 Å². The molecular formula is C20H15NO. The van der Waals surface area contributed by atoms with E-state index in [4.69, 9.17) is 0 Å². The molecule has 1 aliphatic carbocycles. The Morgan fingerprint density at radius 3 is 2.23 bits per heavy atom. The van der Waals surface area contributed by atoms with Gasteiger partial charge in [0.1, 0.15) is 0 Å². The van der Waals surface area contributed by atoms with E-state index in [2.05, 4.69) is 37.0 Å². The van der Waals surface area contributed by atoms with Crippen molar-refractivity contribution in [1.29, 1.82) is 0 Å². The zero-order chi connectivity index (χ0) is 15.3. The molecule has 0 spiro atoms. The number of ketones is 1. The fraction of sp³-hybridized carbons (Fsp3) is 0.100. The fourth-order valence-electron chi connectivity index (χ4n) is 3.30. The highest BCUT2D eigenvalue weighted by atomic mass is 16.1. The maximum Gasteiger partial charge on any atom is 0.196 e. The van der Waals surface area contributed by atoms with Crippen LogP contribution >= 0.6 is 0 Å². The number of carbonyl (C=O) groups is 1. The average Bonchev–Trinajstić information content (AvgIpc) is 2.80. The van der Waals surface area contributed by atoms with E-state index in [9.17, 15) is 4.79 Å². The lowest BCUT2D eigenvalue weighted by Gasteiger charge is -2.09. The van der Waals surface area contributed by atoms with Crippen LogP contribution in [0.5, 0.6) is 0 Å². The SMILES string of the molecule is Cc1cc(C)cc(-c2nccc3c2C(=O)c2ccccc2-3)c1. The molecule has 2 nitrogen and oxygen atoms in total. The third-order valence-electron chi connectivity index (χ3n) is 4.14. The highest BCUT2D eigenvalue weighted by molar-refractivity contribution is 6.24. The second-order valence-corrected chi connectivity index (χ2v) is 5.83. The first-order valence-corrected chi connectivity index (χ1v) is 7.37. The van der Waals surface area contributed by atoms with Gasteiger partial charge in [0.05, 0.1) is 11.3 Å². The molecule has 4 rings (SSSR count). The standard InChI is InChI=1S/C20H15NO/c1-12-9-13(2)11-14(10-12)19-18-16(7-8-21-19)15-5-3-4-6-17(15)20(18)22/h3-11H,1-2H3. The second-order valence-electron chi connectivity index (χ2n) is 5.83. The van der Waals surface area contributed by atoms with Crippen molar-refractivity contribution in [2.75, 3.05) is 0 Å². The van der Waals surface area contributed by atoms with Crippen LogP contribution in [0.1, 0.15) is 27.0 Å². The van der Waals surface area contributed by atoms with Crippen LogP contribution in [0.25, 0.3) is 22.4 Å². The lowest BCUT2D eigenvalue weighted by molar-refractivity contribution is 0.104. The van der Waals surface area contributed by atoms with Crippen molar-refractivity contribution in [2.45, 2.75) is 13.8 Å². The van der Waals surface area contributed by atoms with Crippen LogP contribution in [0.3, 0.4) is 0 Å². The molecule has 1 heterocycles. The van der Waals surface area contributed by atoms with E-state index < -0.39 is 0 Å². The van der Waals surface area contributed by atoms with E-state index in [0.717, 1.165) is 33.5 Å². The lowest BCUT2D eigenvalue weighted by atomic mass is 9.98. The van der Waals surface area contributed by atoms with Gasteiger partial charge < -0.3 is 0 Å². The molecule has 0 radical (unpaired) electrons. The summed E-state index contributed by atoms with van der Waals surface area (Å²) in [4.78, 5) is 17.3. The van der Waals surface area contributed by atoms with Crippen LogP contribution in [0, 0.1) is 13.8 Å². The number of rotatable bonds is 1. The van der Waals surface area contributed by atoms with Gasteiger partial charge in [0.15, 0.2) is 5.78 Å². The minimum absolute atomic E-state index is 0.0767. The first-order valence-electron chi connectivity index (χ1n) is 7.37. The molecule has 0 bridgehead atoms. The van der Waals surface area contributed by atoms with Gasteiger partial charge in [-0.05, 0) is 43.2 Å². The van der Waals surface area contributed by atoms with E-state index in [1.165, 1.54) is 11.1 Å². The Labute approximate surface area is 129 Å². The summed E-state index contributed by atoms with van der Waals surface area (Å²) in [5, 5.41) is 0. The van der Waals surface area contributed by atoms with Crippen molar-refractivity contribution in [3.8, 4) is 22.4 Å². The topological polar surface area (TPSA) is 30.0 Å². The number of benzene rings is 2. The summed E-state index contributed by atoms with van der Waals surface area (Å²) in [6, 6.07) is 16.0. The zero-order valence-electron chi connectivity index (χ0n) is 12.6. The first-order chi connectivity index (χ1) is 10.6. The van der Waals surface area contributed by atoms with Gasteiger partial charge in [-0.25, -0.2) is 0 Å². The summed E-state index contributed by atoms with van der Waals surface area (Å²) in [6.45, 7) is 4.13. The van der Waals surface area contributed by atoms with Crippen LogP contribution in [0.4, 0.5) is 0 Å². The molecule has 2 heteroatoms. The molecule has 3 aromatic rings. The minimum atomic E-state index is 0.0767. The number of pyridine rings is 1. The second kappa shape index (κ2) is 4.63. The highest BCUT2D eigenvalue weighted by Gasteiger charge is 2.29. The van der Waals surface area contributed by atoms with Crippen molar-refractivity contribution in [2.24, 2.45) is 0 Å². The number of aromatic nitrogens is 1. The van der Waals surface area contributed by atoms with Crippen molar-refractivity contribution >= 4 is 5.78 Å². The Kier molecular flexibility index (Phi) is 2.73. The van der Waals surface area contributed by atoms with Gasteiger partial charge in [0.25, 0.3) is 0 Å². The molecule has 2 aromatic carbocycles. The third-order valence-corrected chi connectivity index (χ3v) is 4.14. The van der Waals surface area contributed by atoms with E-state index in [-0.39, 0.29) is 5.78 Å². The largest absolute Gasteiger partial charge is 0.288 e. The van der Waals surface area contributed by atoms with Crippen LogP contribution in [-0.2, 0) is 0 Å². The first kappa shape index (κ1) is 13.0. The van der Waals surface area contributed by atoms with Crippen molar-refractivity contribution in [3.63, 3.8) is 0 Å². The summed E-state index contributed by atoms with van der Waals surface area (Å²) in [5.74, 6) is 0.0767. The number of carbonyl (C=O) groups excluding carboxylic acids is 1. The van der Waals surface area contributed by atoms with Crippen molar-refractivity contribution in [3.05, 3.63) is 77.0 Å². The van der Waals surface area contributed by atoms with Gasteiger partial charge >= 0.3 is 0 Å². The highest BCUT2D eigenvalue weighted by Crippen LogP contribution is 2.40. The zero-order valence-corrected chi connectivity index (χ0v) is 12.6. The molecule has 0 atom stereocenters. The molecular weight excluding hydrogens is 270 g/mol. The van der Waals surface area contributed by atoms with Gasteiger partial charge in [-0.3, -0.25) is 9.78 Å². The van der Waals surface area contributed by atoms with Crippen molar-refractivity contribution < 1.29 is 4.79 Å². The molecule has 0 amide bonds. The number of hydrogen-bond acceptors (Lipinski definition) is 2. The summed E-state index contributed by atoms with van der Waals surface area (Å²) in [6.07, 6.45) is 1.79. The van der Waals surface area contributed by atoms with E-state index in [1.807, 2.05) is 30.3 Å². The predicted molar refractivity (Wildman–Crippen MR) is 88.0 cm³/mol. The van der Waals surface area contributed by atoms with E-state index in [1.54, 1.807) is 6.20 Å². The fourth-order valence-corrected chi connectivity index (χ4v) is 3.30. The van der Waals surface area contributed by atoms with Gasteiger partial charge in [-0.15, -0.1) is 0 Å². The average molecular weight is 285 g/mol. The number of aryl methyl sites for hydroxylation is 2. The Hall–Kier alpha value is -2.74.